The third-order valence-electron chi connectivity index (χ3n) is 4.96. The van der Waals surface area contributed by atoms with Gasteiger partial charge in [-0.25, -0.2) is 0 Å². The number of aliphatic hydroxyl groups is 1. The number of aromatic hydroxyl groups is 2. The minimum atomic E-state index is -0.746. The number of fused-ring (bicyclic) bond motifs is 5. The van der Waals surface area contributed by atoms with Crippen LogP contribution >= 0.6 is 0 Å². The number of aliphatic hydroxyl groups excluding tert-OH is 1. The third-order valence-corrected chi connectivity index (χ3v) is 4.96. The summed E-state index contributed by atoms with van der Waals surface area (Å²) in [5.74, 6) is 1.48. The van der Waals surface area contributed by atoms with Gasteiger partial charge in [0.1, 0.15) is 29.1 Å². The van der Waals surface area contributed by atoms with Crippen molar-refractivity contribution in [3.63, 3.8) is 0 Å². The van der Waals surface area contributed by atoms with Gasteiger partial charge in [0.15, 0.2) is 0 Å². The summed E-state index contributed by atoms with van der Waals surface area (Å²) in [5.41, 5.74) is 3.06. The molecule has 130 valence electrons. The maximum absolute atomic E-state index is 10.3. The molecular weight excluding hydrogens is 320 g/mol. The molecule has 3 N–H and O–H groups in total. The highest BCUT2D eigenvalue weighted by Crippen LogP contribution is 2.53. The molecule has 0 fully saturated rings. The number of rotatable bonds is 3. The van der Waals surface area contributed by atoms with Gasteiger partial charge in [-0.15, -0.1) is 0 Å². The van der Waals surface area contributed by atoms with Gasteiger partial charge in [0, 0.05) is 29.2 Å². The van der Waals surface area contributed by atoms with Crippen LogP contribution in [0.15, 0.2) is 42.5 Å². The molecule has 5 heteroatoms. The zero-order valence-electron chi connectivity index (χ0n) is 13.9. The monoisotopic (exact) mass is 340 g/mol. The highest BCUT2D eigenvalue weighted by Gasteiger charge is 2.42. The lowest BCUT2D eigenvalue weighted by molar-refractivity contribution is 0.137. The first-order valence-corrected chi connectivity index (χ1v) is 8.26. The van der Waals surface area contributed by atoms with E-state index in [2.05, 4.69) is 6.58 Å². The molecule has 3 atom stereocenters. The first kappa shape index (κ1) is 15.8. The van der Waals surface area contributed by atoms with Crippen molar-refractivity contribution in [3.05, 3.63) is 59.2 Å². The summed E-state index contributed by atoms with van der Waals surface area (Å²) in [5, 5.41) is 30.1. The van der Waals surface area contributed by atoms with E-state index in [1.807, 2.05) is 6.07 Å². The molecule has 2 aromatic carbocycles. The second-order valence-corrected chi connectivity index (χ2v) is 6.73. The second kappa shape index (κ2) is 5.70. The van der Waals surface area contributed by atoms with Crippen LogP contribution in [0.2, 0.25) is 0 Å². The summed E-state index contributed by atoms with van der Waals surface area (Å²) in [6.07, 6.45) is -0.737. The Morgan fingerprint density at radius 1 is 1.24 bits per heavy atom. The number of hydrogen-bond donors (Lipinski definition) is 3. The fourth-order valence-electron chi connectivity index (χ4n) is 3.52. The second-order valence-electron chi connectivity index (χ2n) is 6.73. The van der Waals surface area contributed by atoms with Gasteiger partial charge in [0.05, 0.1) is 18.6 Å². The van der Waals surface area contributed by atoms with E-state index in [-0.39, 0.29) is 29.9 Å². The van der Waals surface area contributed by atoms with Crippen molar-refractivity contribution in [1.82, 2.24) is 0 Å². The normalized spacial score (nSPS) is 21.4. The average molecular weight is 340 g/mol. The van der Waals surface area contributed by atoms with Crippen molar-refractivity contribution in [2.24, 2.45) is 0 Å². The van der Waals surface area contributed by atoms with Crippen LogP contribution in [0.1, 0.15) is 35.6 Å². The van der Waals surface area contributed by atoms with Crippen LogP contribution in [0.5, 0.6) is 23.0 Å². The van der Waals surface area contributed by atoms with Crippen molar-refractivity contribution in [3.8, 4) is 23.0 Å². The molecule has 25 heavy (non-hydrogen) atoms. The van der Waals surface area contributed by atoms with Crippen LogP contribution < -0.4 is 9.47 Å². The number of ether oxygens (including phenoxy) is 2. The molecule has 0 spiro atoms. The maximum Gasteiger partial charge on any atom is 0.138 e. The van der Waals surface area contributed by atoms with Gasteiger partial charge >= 0.3 is 0 Å². The van der Waals surface area contributed by atoms with Crippen molar-refractivity contribution < 1.29 is 24.8 Å². The molecule has 2 aromatic rings. The van der Waals surface area contributed by atoms with Crippen LogP contribution in [-0.2, 0) is 6.42 Å². The van der Waals surface area contributed by atoms with Gasteiger partial charge < -0.3 is 24.8 Å². The fourth-order valence-corrected chi connectivity index (χ4v) is 3.52. The minimum absolute atomic E-state index is 0.00774. The van der Waals surface area contributed by atoms with E-state index >= 15 is 0 Å². The van der Waals surface area contributed by atoms with E-state index in [4.69, 9.17) is 9.47 Å². The Morgan fingerprint density at radius 2 is 2.00 bits per heavy atom. The fraction of sp³-hybridized carbons (Fsp3) is 0.300. The molecule has 5 nitrogen and oxygen atoms in total. The Bertz CT molecular complexity index is 857. The van der Waals surface area contributed by atoms with Gasteiger partial charge in [0.2, 0.25) is 0 Å². The summed E-state index contributed by atoms with van der Waals surface area (Å²) in [4.78, 5) is 0. The van der Waals surface area contributed by atoms with Crippen molar-refractivity contribution >= 4 is 0 Å². The summed E-state index contributed by atoms with van der Waals surface area (Å²) in [6.45, 7) is 5.95. The number of phenols is 2. The van der Waals surface area contributed by atoms with Gasteiger partial charge in [-0.1, -0.05) is 18.2 Å². The number of benzene rings is 2. The molecular formula is C20H20O5. The van der Waals surface area contributed by atoms with Crippen molar-refractivity contribution in [1.29, 1.82) is 0 Å². The average Bonchev–Trinajstić information content (AvgIpc) is 2.95. The highest BCUT2D eigenvalue weighted by atomic mass is 16.5. The summed E-state index contributed by atoms with van der Waals surface area (Å²) in [6, 6.07) is 8.48. The summed E-state index contributed by atoms with van der Waals surface area (Å²) < 4.78 is 12.0. The lowest BCUT2D eigenvalue weighted by Gasteiger charge is -2.27. The topological polar surface area (TPSA) is 79.2 Å². The van der Waals surface area contributed by atoms with E-state index in [1.165, 1.54) is 0 Å². The molecule has 0 aromatic heterocycles. The molecule has 2 heterocycles. The van der Waals surface area contributed by atoms with Crippen LogP contribution in [0.4, 0.5) is 0 Å². The zero-order valence-corrected chi connectivity index (χ0v) is 13.9. The summed E-state index contributed by atoms with van der Waals surface area (Å²) in [7, 11) is 0. The maximum atomic E-state index is 10.3. The van der Waals surface area contributed by atoms with Crippen molar-refractivity contribution in [2.75, 3.05) is 6.61 Å². The lowest BCUT2D eigenvalue weighted by Crippen LogP contribution is -2.23. The minimum Gasteiger partial charge on any atom is -0.508 e. The number of hydrogen-bond acceptors (Lipinski definition) is 5. The molecule has 2 aliphatic rings. The number of phenolic OH excluding ortho intramolecular Hbond substituents is 2. The van der Waals surface area contributed by atoms with Crippen LogP contribution in [0, 0.1) is 0 Å². The van der Waals surface area contributed by atoms with E-state index in [1.54, 1.807) is 31.2 Å². The molecule has 0 bridgehead atoms. The first-order chi connectivity index (χ1) is 12.0. The molecule has 0 unspecified atom stereocenters. The van der Waals surface area contributed by atoms with Crippen LogP contribution in [0.3, 0.4) is 0 Å². The van der Waals surface area contributed by atoms with E-state index in [0.29, 0.717) is 29.2 Å². The Balaban J connectivity index is 1.75. The Hall–Kier alpha value is -2.66. The Kier molecular flexibility index (Phi) is 3.62. The standard InChI is InChI=1S/C20H20O5/c1-10(2)17(23)8-14-16(22)6-5-12-15-9-24-18-7-11(21)3-4-13(18)20(15)25-19(12)14/h3-7,15,17,20-23H,1,8-9H2,2H3/t15-,17+,20+/m0/s1. The first-order valence-electron chi connectivity index (χ1n) is 8.26. The lowest BCUT2D eigenvalue weighted by atomic mass is 9.88. The predicted molar refractivity (Wildman–Crippen MR) is 92.3 cm³/mol. The Labute approximate surface area is 145 Å². The zero-order chi connectivity index (χ0) is 17.7. The largest absolute Gasteiger partial charge is 0.508 e. The van der Waals surface area contributed by atoms with Gasteiger partial charge in [-0.05, 0) is 25.1 Å². The predicted octanol–water partition coefficient (Wildman–Crippen LogP) is 3.19. The van der Waals surface area contributed by atoms with Gasteiger partial charge in [0.25, 0.3) is 0 Å². The molecule has 0 radical (unpaired) electrons. The van der Waals surface area contributed by atoms with Crippen LogP contribution in [0.25, 0.3) is 0 Å². The Morgan fingerprint density at radius 3 is 2.76 bits per heavy atom. The SMILES string of the molecule is C=C(C)[C@H](O)Cc1c(O)ccc2c1O[C@@H]1c3ccc(O)cc3OC[C@@H]21. The van der Waals surface area contributed by atoms with Gasteiger partial charge in [-0.3, -0.25) is 0 Å². The van der Waals surface area contributed by atoms with Gasteiger partial charge in [-0.2, -0.15) is 0 Å². The van der Waals surface area contributed by atoms with Crippen LogP contribution in [-0.4, -0.2) is 28.0 Å². The summed E-state index contributed by atoms with van der Waals surface area (Å²) >= 11 is 0. The molecule has 4 rings (SSSR count). The quantitative estimate of drug-likeness (QED) is 0.748. The molecule has 0 aliphatic carbocycles. The molecule has 0 amide bonds. The third kappa shape index (κ3) is 2.51. The van der Waals surface area contributed by atoms with E-state index in [9.17, 15) is 15.3 Å². The van der Waals surface area contributed by atoms with E-state index < -0.39 is 6.10 Å². The van der Waals surface area contributed by atoms with Crippen molar-refractivity contribution in [2.45, 2.75) is 31.5 Å². The smallest absolute Gasteiger partial charge is 0.138 e. The highest BCUT2D eigenvalue weighted by molar-refractivity contribution is 5.57. The van der Waals surface area contributed by atoms with E-state index in [0.717, 1.165) is 11.1 Å². The molecule has 2 aliphatic heterocycles. The molecule has 0 saturated heterocycles. The molecule has 0 saturated carbocycles.